The van der Waals surface area contributed by atoms with Crippen molar-refractivity contribution >= 4 is 5.91 Å². The third-order valence-electron chi connectivity index (χ3n) is 4.13. The molecule has 3 heterocycles. The van der Waals surface area contributed by atoms with Crippen LogP contribution in [0, 0.1) is 0 Å². The van der Waals surface area contributed by atoms with E-state index in [1.54, 1.807) is 6.33 Å². The van der Waals surface area contributed by atoms with Gasteiger partial charge in [-0.05, 0) is 18.9 Å². The highest BCUT2D eigenvalue weighted by atomic mass is 16.5. The van der Waals surface area contributed by atoms with E-state index in [4.69, 9.17) is 4.74 Å². The van der Waals surface area contributed by atoms with Crippen molar-refractivity contribution in [2.45, 2.75) is 25.9 Å². The predicted molar refractivity (Wildman–Crippen MR) is 73.0 cm³/mol. The molecular formula is C14H20N4O2. The summed E-state index contributed by atoms with van der Waals surface area (Å²) in [5.74, 6) is 0.200. The van der Waals surface area contributed by atoms with Crippen LogP contribution in [-0.2, 0) is 22.5 Å². The molecule has 3 rings (SSSR count). The van der Waals surface area contributed by atoms with Crippen molar-refractivity contribution in [1.82, 2.24) is 19.8 Å². The Bertz CT molecular complexity index is 488. The fourth-order valence-corrected chi connectivity index (χ4v) is 2.81. The number of fused-ring (bicyclic) bond motifs is 1. The van der Waals surface area contributed by atoms with Crippen molar-refractivity contribution in [3.05, 3.63) is 23.8 Å². The van der Waals surface area contributed by atoms with Crippen LogP contribution in [-0.4, -0.2) is 64.6 Å². The van der Waals surface area contributed by atoms with Crippen LogP contribution in [0.5, 0.6) is 0 Å². The van der Waals surface area contributed by atoms with Crippen LogP contribution >= 0.6 is 0 Å². The van der Waals surface area contributed by atoms with Gasteiger partial charge in [-0.2, -0.15) is 0 Å². The van der Waals surface area contributed by atoms with Gasteiger partial charge < -0.3 is 9.64 Å². The van der Waals surface area contributed by atoms with E-state index in [-0.39, 0.29) is 11.9 Å². The van der Waals surface area contributed by atoms with Crippen LogP contribution in [0.3, 0.4) is 0 Å². The molecule has 0 saturated carbocycles. The SMILES string of the molecule is C[C@@H](C(=O)N1CCOCC1)N1CCc2cncnc2C1. The molecule has 1 fully saturated rings. The summed E-state index contributed by atoms with van der Waals surface area (Å²) >= 11 is 0. The molecule has 1 amide bonds. The Hall–Kier alpha value is -1.53. The summed E-state index contributed by atoms with van der Waals surface area (Å²) in [6.45, 7) is 6.31. The van der Waals surface area contributed by atoms with Gasteiger partial charge in [-0.1, -0.05) is 0 Å². The topological polar surface area (TPSA) is 58.6 Å². The van der Waals surface area contributed by atoms with E-state index in [1.165, 1.54) is 5.56 Å². The second-order valence-corrected chi connectivity index (χ2v) is 5.33. The minimum Gasteiger partial charge on any atom is -0.378 e. The summed E-state index contributed by atoms with van der Waals surface area (Å²) in [6.07, 6.45) is 4.38. The van der Waals surface area contributed by atoms with Gasteiger partial charge in [0.1, 0.15) is 6.33 Å². The van der Waals surface area contributed by atoms with Gasteiger partial charge in [0.15, 0.2) is 0 Å². The molecule has 0 bridgehead atoms. The maximum Gasteiger partial charge on any atom is 0.239 e. The lowest BCUT2D eigenvalue weighted by Gasteiger charge is -2.36. The first-order valence-corrected chi connectivity index (χ1v) is 7.14. The number of rotatable bonds is 2. The Morgan fingerprint density at radius 1 is 1.35 bits per heavy atom. The number of morpholine rings is 1. The first kappa shape index (κ1) is 13.5. The zero-order valence-corrected chi connectivity index (χ0v) is 11.8. The second-order valence-electron chi connectivity index (χ2n) is 5.33. The normalized spacial score (nSPS) is 21.4. The van der Waals surface area contributed by atoms with Gasteiger partial charge >= 0.3 is 0 Å². The summed E-state index contributed by atoms with van der Waals surface area (Å²) < 4.78 is 5.30. The lowest BCUT2D eigenvalue weighted by molar-refractivity contribution is -0.140. The zero-order valence-electron chi connectivity index (χ0n) is 11.8. The molecule has 0 aliphatic carbocycles. The third kappa shape index (κ3) is 2.66. The van der Waals surface area contributed by atoms with Crippen molar-refractivity contribution in [3.8, 4) is 0 Å². The van der Waals surface area contributed by atoms with Crippen LogP contribution in [0.1, 0.15) is 18.2 Å². The molecule has 108 valence electrons. The lowest BCUT2D eigenvalue weighted by atomic mass is 10.0. The van der Waals surface area contributed by atoms with Crippen molar-refractivity contribution in [1.29, 1.82) is 0 Å². The predicted octanol–water partition coefficient (Wildman–Crippen LogP) is 0.0820. The third-order valence-corrected chi connectivity index (χ3v) is 4.13. The molecule has 0 unspecified atom stereocenters. The number of hydrogen-bond acceptors (Lipinski definition) is 5. The number of carbonyl (C=O) groups excluding carboxylic acids is 1. The van der Waals surface area contributed by atoms with Crippen molar-refractivity contribution in [2.75, 3.05) is 32.8 Å². The maximum absolute atomic E-state index is 12.5. The van der Waals surface area contributed by atoms with E-state index in [0.717, 1.165) is 25.2 Å². The Morgan fingerprint density at radius 3 is 2.95 bits per heavy atom. The van der Waals surface area contributed by atoms with Gasteiger partial charge in [0.25, 0.3) is 0 Å². The smallest absolute Gasteiger partial charge is 0.239 e. The second kappa shape index (κ2) is 5.85. The molecule has 1 saturated heterocycles. The number of aromatic nitrogens is 2. The molecular weight excluding hydrogens is 256 g/mol. The average Bonchev–Trinajstić information content (AvgIpc) is 2.54. The summed E-state index contributed by atoms with van der Waals surface area (Å²) in [5, 5.41) is 0. The number of ether oxygens (including phenoxy) is 1. The highest BCUT2D eigenvalue weighted by Gasteiger charge is 2.29. The molecule has 1 atom stereocenters. The number of nitrogens with zero attached hydrogens (tertiary/aromatic N) is 4. The highest BCUT2D eigenvalue weighted by Crippen LogP contribution is 2.18. The summed E-state index contributed by atoms with van der Waals surface area (Å²) in [4.78, 5) is 25.0. The average molecular weight is 276 g/mol. The van der Waals surface area contributed by atoms with Gasteiger partial charge in [-0.25, -0.2) is 9.97 Å². The quantitative estimate of drug-likeness (QED) is 0.766. The fraction of sp³-hybridized carbons (Fsp3) is 0.643. The molecule has 20 heavy (non-hydrogen) atoms. The zero-order chi connectivity index (χ0) is 13.9. The Morgan fingerprint density at radius 2 is 2.15 bits per heavy atom. The van der Waals surface area contributed by atoms with Gasteiger partial charge in [-0.15, -0.1) is 0 Å². The van der Waals surface area contributed by atoms with E-state index in [9.17, 15) is 4.79 Å². The van der Waals surface area contributed by atoms with Gasteiger partial charge in [0, 0.05) is 32.4 Å². The highest BCUT2D eigenvalue weighted by molar-refractivity contribution is 5.81. The largest absolute Gasteiger partial charge is 0.378 e. The molecule has 6 nitrogen and oxygen atoms in total. The molecule has 0 N–H and O–H groups in total. The molecule has 1 aromatic rings. The summed E-state index contributed by atoms with van der Waals surface area (Å²) in [6, 6.07) is -0.101. The van der Waals surface area contributed by atoms with Crippen molar-refractivity contribution < 1.29 is 9.53 Å². The van der Waals surface area contributed by atoms with Crippen molar-refractivity contribution in [2.24, 2.45) is 0 Å². The van der Waals surface area contributed by atoms with Crippen molar-refractivity contribution in [3.63, 3.8) is 0 Å². The van der Waals surface area contributed by atoms with Gasteiger partial charge in [0.2, 0.25) is 5.91 Å². The number of amides is 1. The molecule has 1 aromatic heterocycles. The molecule has 6 heteroatoms. The molecule has 0 aromatic carbocycles. The van der Waals surface area contributed by atoms with Crippen LogP contribution in [0.15, 0.2) is 12.5 Å². The Balaban J connectivity index is 1.66. The lowest BCUT2D eigenvalue weighted by Crippen LogP contribution is -2.51. The fourth-order valence-electron chi connectivity index (χ4n) is 2.81. The van der Waals surface area contributed by atoms with Gasteiger partial charge in [-0.3, -0.25) is 9.69 Å². The standard InChI is InChI=1S/C14H20N4O2/c1-11(14(19)17-4-6-20-7-5-17)18-3-2-12-8-15-10-16-13(12)9-18/h8,10-11H,2-7,9H2,1H3/t11-/m0/s1. The van der Waals surface area contributed by atoms with E-state index in [1.807, 2.05) is 18.0 Å². The summed E-state index contributed by atoms with van der Waals surface area (Å²) in [7, 11) is 0. The van der Waals surface area contributed by atoms with Crippen LogP contribution < -0.4 is 0 Å². The summed E-state index contributed by atoms with van der Waals surface area (Å²) in [5.41, 5.74) is 2.25. The maximum atomic E-state index is 12.5. The van der Waals surface area contributed by atoms with Crippen LogP contribution in [0.25, 0.3) is 0 Å². The Labute approximate surface area is 118 Å². The van der Waals surface area contributed by atoms with E-state index >= 15 is 0 Å². The Kier molecular flexibility index (Phi) is 3.93. The van der Waals surface area contributed by atoms with Gasteiger partial charge in [0.05, 0.1) is 24.9 Å². The van der Waals surface area contributed by atoms with E-state index < -0.39 is 0 Å². The molecule has 0 spiro atoms. The van der Waals surface area contributed by atoms with Crippen LogP contribution in [0.2, 0.25) is 0 Å². The number of hydrogen-bond donors (Lipinski definition) is 0. The monoisotopic (exact) mass is 276 g/mol. The minimum absolute atomic E-state index is 0.101. The first-order chi connectivity index (χ1) is 9.75. The molecule has 2 aliphatic rings. The molecule has 2 aliphatic heterocycles. The molecule has 0 radical (unpaired) electrons. The minimum atomic E-state index is -0.101. The first-order valence-electron chi connectivity index (χ1n) is 7.14. The van der Waals surface area contributed by atoms with Crippen LogP contribution in [0.4, 0.5) is 0 Å². The number of carbonyl (C=O) groups is 1. The van der Waals surface area contributed by atoms with E-state index in [0.29, 0.717) is 26.3 Å². The van der Waals surface area contributed by atoms with E-state index in [2.05, 4.69) is 14.9 Å².